The average Bonchev–Trinajstić information content (AvgIpc) is 2.90. The second-order valence-electron chi connectivity index (χ2n) is 5.67. The fourth-order valence-corrected chi connectivity index (χ4v) is 2.88. The summed E-state index contributed by atoms with van der Waals surface area (Å²) < 4.78 is 19.4. The molecule has 0 saturated heterocycles. The number of halogens is 2. The molecular formula is C16H16ClFN2O3. The summed E-state index contributed by atoms with van der Waals surface area (Å²) in [6.07, 6.45) is 2.34. The summed E-state index contributed by atoms with van der Waals surface area (Å²) in [4.78, 5) is 12.2. The Labute approximate surface area is 137 Å². The molecule has 1 aromatic heterocycles. The van der Waals surface area contributed by atoms with Crippen LogP contribution >= 0.6 is 11.6 Å². The lowest BCUT2D eigenvalue weighted by Crippen LogP contribution is -2.40. The topological polar surface area (TPSA) is 75.4 Å². The molecule has 0 spiro atoms. The Hall–Kier alpha value is -1.92. The number of nitrogens with one attached hydrogen (secondary N) is 1. The van der Waals surface area contributed by atoms with Crippen molar-refractivity contribution in [2.75, 3.05) is 0 Å². The maximum atomic E-state index is 14.4. The first-order valence-electron chi connectivity index (χ1n) is 7.44. The number of hydrogen-bond acceptors (Lipinski definition) is 4. The van der Waals surface area contributed by atoms with E-state index in [4.69, 9.17) is 16.1 Å². The standard InChI is InChI=1S/C16H16ClFN2O3/c17-10-6-4-9(5-7-10)15-13(18)14(20-23-15)16(22)19-11-2-1-3-12(21)8-11/h4-7,11-12,21H,1-3,8H2,(H,19,22). The van der Waals surface area contributed by atoms with Crippen LogP contribution in [0.2, 0.25) is 5.02 Å². The summed E-state index contributed by atoms with van der Waals surface area (Å²) in [5.74, 6) is -1.54. The molecule has 2 atom stereocenters. The monoisotopic (exact) mass is 338 g/mol. The minimum absolute atomic E-state index is 0.101. The highest BCUT2D eigenvalue weighted by atomic mass is 35.5. The summed E-state index contributed by atoms with van der Waals surface area (Å²) in [7, 11) is 0. The van der Waals surface area contributed by atoms with E-state index >= 15 is 0 Å². The van der Waals surface area contributed by atoms with Gasteiger partial charge in [-0.2, -0.15) is 4.39 Å². The van der Waals surface area contributed by atoms with Crippen molar-refractivity contribution in [1.29, 1.82) is 0 Å². The number of aromatic nitrogens is 1. The molecule has 23 heavy (non-hydrogen) atoms. The second-order valence-corrected chi connectivity index (χ2v) is 6.11. The third-order valence-corrected chi connectivity index (χ3v) is 4.19. The Balaban J connectivity index is 1.75. The number of hydrogen-bond donors (Lipinski definition) is 2. The molecule has 2 N–H and O–H groups in total. The second kappa shape index (κ2) is 6.68. The van der Waals surface area contributed by atoms with Crippen LogP contribution in [0.5, 0.6) is 0 Å². The molecule has 1 heterocycles. The smallest absolute Gasteiger partial charge is 0.276 e. The number of nitrogens with zero attached hydrogens (tertiary/aromatic N) is 1. The summed E-state index contributed by atoms with van der Waals surface area (Å²) in [5.41, 5.74) is 0.0709. The van der Waals surface area contributed by atoms with Crippen molar-refractivity contribution in [1.82, 2.24) is 10.5 Å². The molecule has 1 saturated carbocycles. The Morgan fingerprint density at radius 3 is 2.78 bits per heavy atom. The molecule has 0 radical (unpaired) electrons. The maximum Gasteiger partial charge on any atom is 0.276 e. The number of aliphatic hydroxyl groups is 1. The van der Waals surface area contributed by atoms with E-state index in [1.165, 1.54) is 0 Å². The quantitative estimate of drug-likeness (QED) is 0.901. The van der Waals surface area contributed by atoms with Crippen molar-refractivity contribution >= 4 is 17.5 Å². The number of rotatable bonds is 3. The minimum atomic E-state index is -0.804. The molecule has 0 bridgehead atoms. The summed E-state index contributed by atoms with van der Waals surface area (Å²) in [5, 5.41) is 16.4. The molecule has 0 aliphatic heterocycles. The Morgan fingerprint density at radius 2 is 2.09 bits per heavy atom. The maximum absolute atomic E-state index is 14.4. The van der Waals surface area contributed by atoms with E-state index in [-0.39, 0.29) is 17.5 Å². The van der Waals surface area contributed by atoms with Crippen LogP contribution in [0, 0.1) is 5.82 Å². The van der Waals surface area contributed by atoms with Crippen LogP contribution in [-0.2, 0) is 0 Å². The zero-order chi connectivity index (χ0) is 16.4. The van der Waals surface area contributed by atoms with E-state index in [1.54, 1.807) is 24.3 Å². The molecule has 5 nitrogen and oxygen atoms in total. The molecule has 1 amide bonds. The summed E-state index contributed by atoms with van der Waals surface area (Å²) in [6, 6.07) is 6.20. The van der Waals surface area contributed by atoms with Crippen LogP contribution in [0.4, 0.5) is 4.39 Å². The number of benzene rings is 1. The predicted molar refractivity (Wildman–Crippen MR) is 82.6 cm³/mol. The van der Waals surface area contributed by atoms with Gasteiger partial charge in [0.2, 0.25) is 17.3 Å². The SMILES string of the molecule is O=C(NC1CCCC(O)C1)c1noc(-c2ccc(Cl)cc2)c1F. The minimum Gasteiger partial charge on any atom is -0.393 e. The number of aliphatic hydroxyl groups excluding tert-OH is 1. The first kappa shape index (κ1) is 16.0. The van der Waals surface area contributed by atoms with E-state index < -0.39 is 17.8 Å². The average molecular weight is 339 g/mol. The molecule has 3 rings (SSSR count). The van der Waals surface area contributed by atoms with Gasteiger partial charge in [0.1, 0.15) is 0 Å². The number of carbonyl (C=O) groups is 1. The Kier molecular flexibility index (Phi) is 4.63. The highest BCUT2D eigenvalue weighted by Gasteiger charge is 2.27. The van der Waals surface area contributed by atoms with Crippen LogP contribution in [-0.4, -0.2) is 28.3 Å². The van der Waals surface area contributed by atoms with Crippen molar-refractivity contribution in [3.63, 3.8) is 0 Å². The molecule has 2 unspecified atom stereocenters. The van der Waals surface area contributed by atoms with Gasteiger partial charge in [0.25, 0.3) is 5.91 Å². The molecule has 2 aromatic rings. The number of amides is 1. The van der Waals surface area contributed by atoms with Crippen molar-refractivity contribution in [3.05, 3.63) is 40.8 Å². The molecule has 1 aliphatic rings. The van der Waals surface area contributed by atoms with Crippen LogP contribution in [0.15, 0.2) is 28.8 Å². The Morgan fingerprint density at radius 1 is 1.35 bits per heavy atom. The van der Waals surface area contributed by atoms with Crippen molar-refractivity contribution in [2.45, 2.75) is 37.8 Å². The van der Waals surface area contributed by atoms with Crippen LogP contribution in [0.25, 0.3) is 11.3 Å². The molecule has 1 aliphatic carbocycles. The molecule has 122 valence electrons. The van der Waals surface area contributed by atoms with Gasteiger partial charge in [-0.05, 0) is 49.9 Å². The Bertz CT molecular complexity index is 702. The highest BCUT2D eigenvalue weighted by Crippen LogP contribution is 2.26. The molecule has 1 aromatic carbocycles. The van der Waals surface area contributed by atoms with Gasteiger partial charge in [0.15, 0.2) is 0 Å². The van der Waals surface area contributed by atoms with Gasteiger partial charge < -0.3 is 14.9 Å². The van der Waals surface area contributed by atoms with E-state index in [2.05, 4.69) is 10.5 Å². The zero-order valence-electron chi connectivity index (χ0n) is 12.3. The van der Waals surface area contributed by atoms with Gasteiger partial charge in [0, 0.05) is 16.6 Å². The number of carbonyl (C=O) groups excluding carboxylic acids is 1. The van der Waals surface area contributed by atoms with Crippen molar-refractivity contribution in [2.24, 2.45) is 0 Å². The van der Waals surface area contributed by atoms with Crippen LogP contribution in [0.1, 0.15) is 36.2 Å². The van der Waals surface area contributed by atoms with Gasteiger partial charge in [-0.15, -0.1) is 0 Å². The van der Waals surface area contributed by atoms with Gasteiger partial charge in [-0.25, -0.2) is 0 Å². The molecular weight excluding hydrogens is 323 g/mol. The molecule has 1 fully saturated rings. The van der Waals surface area contributed by atoms with Crippen LogP contribution in [0.3, 0.4) is 0 Å². The van der Waals surface area contributed by atoms with Crippen molar-refractivity contribution < 1.29 is 18.8 Å². The van der Waals surface area contributed by atoms with E-state index in [0.29, 0.717) is 17.0 Å². The summed E-state index contributed by atoms with van der Waals surface area (Å²) in [6.45, 7) is 0. The van der Waals surface area contributed by atoms with Gasteiger partial charge in [0.05, 0.1) is 6.10 Å². The first-order chi connectivity index (χ1) is 11.0. The molecule has 7 heteroatoms. The normalized spacial score (nSPS) is 21.2. The van der Waals surface area contributed by atoms with E-state index in [1.807, 2.05) is 0 Å². The highest BCUT2D eigenvalue weighted by molar-refractivity contribution is 6.30. The first-order valence-corrected chi connectivity index (χ1v) is 7.82. The summed E-state index contributed by atoms with van der Waals surface area (Å²) >= 11 is 5.79. The largest absolute Gasteiger partial charge is 0.393 e. The zero-order valence-corrected chi connectivity index (χ0v) is 13.0. The lowest BCUT2D eigenvalue weighted by molar-refractivity contribution is 0.0839. The fraction of sp³-hybridized carbons (Fsp3) is 0.375. The van der Waals surface area contributed by atoms with Crippen LogP contribution < -0.4 is 5.32 Å². The van der Waals surface area contributed by atoms with E-state index in [9.17, 15) is 14.3 Å². The fourth-order valence-electron chi connectivity index (χ4n) is 2.75. The predicted octanol–water partition coefficient (Wildman–Crippen LogP) is 3.17. The third kappa shape index (κ3) is 3.54. The van der Waals surface area contributed by atoms with Crippen molar-refractivity contribution in [3.8, 4) is 11.3 Å². The van der Waals surface area contributed by atoms with Gasteiger partial charge in [-0.3, -0.25) is 4.79 Å². The third-order valence-electron chi connectivity index (χ3n) is 3.94. The lowest BCUT2D eigenvalue weighted by Gasteiger charge is -2.26. The lowest BCUT2D eigenvalue weighted by atomic mass is 9.93. The van der Waals surface area contributed by atoms with E-state index in [0.717, 1.165) is 19.3 Å². The van der Waals surface area contributed by atoms with Gasteiger partial charge >= 0.3 is 0 Å². The van der Waals surface area contributed by atoms with Gasteiger partial charge in [-0.1, -0.05) is 16.8 Å².